The van der Waals surface area contributed by atoms with E-state index in [1.165, 1.54) is 5.69 Å². The standard InChI is InChI=1S/C17H25N3O3/c1-13-16(18-7-12-23-13)17(21)20-10-8-19(9-11-20)14-3-5-15(22-2)6-4-14/h3-6,13,16,18H,7-12H2,1-2H3/t13-,16+/m1/s1. The first kappa shape index (κ1) is 16.1. The molecule has 0 aromatic heterocycles. The van der Waals surface area contributed by atoms with Gasteiger partial charge in [-0.2, -0.15) is 0 Å². The van der Waals surface area contributed by atoms with Crippen LogP contribution in [-0.4, -0.2) is 69.4 Å². The quantitative estimate of drug-likeness (QED) is 0.890. The molecule has 2 atom stereocenters. The van der Waals surface area contributed by atoms with E-state index in [0.717, 1.165) is 38.5 Å². The Kier molecular flexibility index (Phi) is 5.03. The minimum atomic E-state index is -0.212. The van der Waals surface area contributed by atoms with Gasteiger partial charge < -0.3 is 24.6 Å². The summed E-state index contributed by atoms with van der Waals surface area (Å²) in [7, 11) is 1.67. The number of piperazine rings is 1. The molecule has 2 fully saturated rings. The van der Waals surface area contributed by atoms with Crippen LogP contribution >= 0.6 is 0 Å². The first-order valence-corrected chi connectivity index (χ1v) is 8.22. The summed E-state index contributed by atoms with van der Waals surface area (Å²) >= 11 is 0. The van der Waals surface area contributed by atoms with Gasteiger partial charge in [0.1, 0.15) is 11.8 Å². The molecule has 0 unspecified atom stereocenters. The number of ether oxygens (including phenoxy) is 2. The van der Waals surface area contributed by atoms with Gasteiger partial charge in [0, 0.05) is 38.4 Å². The topological polar surface area (TPSA) is 54.0 Å². The van der Waals surface area contributed by atoms with E-state index < -0.39 is 0 Å². The van der Waals surface area contributed by atoms with E-state index >= 15 is 0 Å². The van der Waals surface area contributed by atoms with Crippen molar-refractivity contribution in [1.29, 1.82) is 0 Å². The van der Waals surface area contributed by atoms with Crippen LogP contribution in [0, 0.1) is 0 Å². The summed E-state index contributed by atoms with van der Waals surface area (Å²) < 4.78 is 10.8. The number of methoxy groups -OCH3 is 1. The number of benzene rings is 1. The number of amides is 1. The third-order valence-electron chi connectivity index (χ3n) is 4.61. The summed E-state index contributed by atoms with van der Waals surface area (Å²) in [6.45, 7) is 6.57. The van der Waals surface area contributed by atoms with E-state index in [0.29, 0.717) is 6.61 Å². The summed E-state index contributed by atoms with van der Waals surface area (Å²) in [4.78, 5) is 16.9. The minimum Gasteiger partial charge on any atom is -0.497 e. The molecule has 1 aromatic rings. The molecule has 2 heterocycles. The summed E-state index contributed by atoms with van der Waals surface area (Å²) in [6, 6.07) is 7.86. The van der Waals surface area contributed by atoms with Crippen molar-refractivity contribution in [2.45, 2.75) is 19.1 Å². The first-order valence-electron chi connectivity index (χ1n) is 8.22. The zero-order valence-corrected chi connectivity index (χ0v) is 13.8. The van der Waals surface area contributed by atoms with E-state index in [2.05, 4.69) is 22.3 Å². The Balaban J connectivity index is 1.56. The molecule has 0 radical (unpaired) electrons. The predicted molar refractivity (Wildman–Crippen MR) is 89.0 cm³/mol. The van der Waals surface area contributed by atoms with Crippen LogP contribution in [-0.2, 0) is 9.53 Å². The number of carbonyl (C=O) groups excluding carboxylic acids is 1. The first-order chi connectivity index (χ1) is 11.2. The van der Waals surface area contributed by atoms with Crippen LogP contribution in [0.3, 0.4) is 0 Å². The number of hydrogen-bond acceptors (Lipinski definition) is 5. The molecule has 2 saturated heterocycles. The van der Waals surface area contributed by atoms with Crippen LogP contribution in [0.5, 0.6) is 5.75 Å². The SMILES string of the molecule is COc1ccc(N2CCN(C(=O)[C@H]3NCCO[C@@H]3C)CC2)cc1. The second kappa shape index (κ2) is 7.19. The van der Waals surface area contributed by atoms with Crippen molar-refractivity contribution < 1.29 is 14.3 Å². The van der Waals surface area contributed by atoms with Gasteiger partial charge in [-0.1, -0.05) is 0 Å². The number of nitrogens with one attached hydrogen (secondary N) is 1. The second-order valence-corrected chi connectivity index (χ2v) is 6.02. The Morgan fingerprint density at radius 2 is 1.91 bits per heavy atom. The largest absolute Gasteiger partial charge is 0.497 e. The lowest BCUT2D eigenvalue weighted by atomic mass is 10.1. The van der Waals surface area contributed by atoms with Crippen LogP contribution < -0.4 is 15.0 Å². The van der Waals surface area contributed by atoms with Gasteiger partial charge in [0.05, 0.1) is 19.8 Å². The van der Waals surface area contributed by atoms with Gasteiger partial charge >= 0.3 is 0 Å². The fourth-order valence-corrected chi connectivity index (χ4v) is 3.18. The maximum absolute atomic E-state index is 12.6. The molecule has 0 spiro atoms. The van der Waals surface area contributed by atoms with E-state index in [1.54, 1.807) is 7.11 Å². The highest BCUT2D eigenvalue weighted by Crippen LogP contribution is 2.21. The monoisotopic (exact) mass is 319 g/mol. The molecule has 1 amide bonds. The Hall–Kier alpha value is -1.79. The van der Waals surface area contributed by atoms with Crippen molar-refractivity contribution in [1.82, 2.24) is 10.2 Å². The number of anilines is 1. The molecule has 2 aliphatic heterocycles. The summed E-state index contributed by atoms with van der Waals surface area (Å²) in [5.74, 6) is 1.02. The van der Waals surface area contributed by atoms with Gasteiger partial charge in [-0.15, -0.1) is 0 Å². The number of rotatable bonds is 3. The molecule has 1 N–H and O–H groups in total. The third-order valence-corrected chi connectivity index (χ3v) is 4.61. The van der Waals surface area contributed by atoms with Crippen molar-refractivity contribution >= 4 is 11.6 Å². The maximum atomic E-state index is 12.6. The van der Waals surface area contributed by atoms with Gasteiger partial charge in [0.25, 0.3) is 0 Å². The maximum Gasteiger partial charge on any atom is 0.242 e. The summed E-state index contributed by atoms with van der Waals surface area (Å²) in [5, 5.41) is 3.28. The average Bonchev–Trinajstić information content (AvgIpc) is 2.62. The van der Waals surface area contributed by atoms with Crippen molar-refractivity contribution in [2.24, 2.45) is 0 Å². The van der Waals surface area contributed by atoms with Gasteiger partial charge in [0.15, 0.2) is 0 Å². The lowest BCUT2D eigenvalue weighted by molar-refractivity contribution is -0.139. The molecule has 23 heavy (non-hydrogen) atoms. The molecule has 6 nitrogen and oxygen atoms in total. The van der Waals surface area contributed by atoms with Crippen LogP contribution in [0.1, 0.15) is 6.92 Å². The average molecular weight is 319 g/mol. The van der Waals surface area contributed by atoms with Crippen LogP contribution in [0.25, 0.3) is 0 Å². The Morgan fingerprint density at radius 3 is 2.52 bits per heavy atom. The summed E-state index contributed by atoms with van der Waals surface area (Å²) in [5.41, 5.74) is 1.17. The van der Waals surface area contributed by atoms with Crippen LogP contribution in [0.4, 0.5) is 5.69 Å². The minimum absolute atomic E-state index is 0.0594. The normalized spacial score (nSPS) is 25.3. The highest BCUT2D eigenvalue weighted by atomic mass is 16.5. The van der Waals surface area contributed by atoms with Gasteiger partial charge in [-0.05, 0) is 31.2 Å². The molecule has 0 saturated carbocycles. The lowest BCUT2D eigenvalue weighted by Gasteiger charge is -2.39. The lowest BCUT2D eigenvalue weighted by Crippen LogP contribution is -2.59. The number of hydrogen-bond donors (Lipinski definition) is 1. The third kappa shape index (κ3) is 3.59. The number of nitrogens with zero attached hydrogens (tertiary/aromatic N) is 2. The predicted octanol–water partition coefficient (Wildman–Crippen LogP) is 0.721. The van der Waals surface area contributed by atoms with Crippen molar-refractivity contribution in [3.63, 3.8) is 0 Å². The number of carbonyl (C=O) groups is 1. The van der Waals surface area contributed by atoms with Crippen molar-refractivity contribution in [3.05, 3.63) is 24.3 Å². The Labute approximate surface area is 137 Å². The highest BCUT2D eigenvalue weighted by Gasteiger charge is 2.33. The van der Waals surface area contributed by atoms with E-state index in [9.17, 15) is 4.79 Å². The molecular formula is C17H25N3O3. The molecule has 6 heteroatoms. The smallest absolute Gasteiger partial charge is 0.242 e. The highest BCUT2D eigenvalue weighted by molar-refractivity contribution is 5.83. The van der Waals surface area contributed by atoms with E-state index in [4.69, 9.17) is 9.47 Å². The Morgan fingerprint density at radius 1 is 1.22 bits per heavy atom. The van der Waals surface area contributed by atoms with E-state index in [1.807, 2.05) is 24.0 Å². The molecule has 126 valence electrons. The fraction of sp³-hybridized carbons (Fsp3) is 0.588. The molecule has 3 rings (SSSR count). The number of morpholine rings is 1. The van der Waals surface area contributed by atoms with Gasteiger partial charge in [-0.25, -0.2) is 0 Å². The Bertz CT molecular complexity index is 526. The zero-order valence-electron chi connectivity index (χ0n) is 13.8. The molecule has 0 bridgehead atoms. The van der Waals surface area contributed by atoms with Gasteiger partial charge in [-0.3, -0.25) is 4.79 Å². The molecule has 2 aliphatic rings. The van der Waals surface area contributed by atoms with E-state index in [-0.39, 0.29) is 18.1 Å². The van der Waals surface area contributed by atoms with Crippen LogP contribution in [0.15, 0.2) is 24.3 Å². The van der Waals surface area contributed by atoms with Gasteiger partial charge in [0.2, 0.25) is 5.91 Å². The van der Waals surface area contributed by atoms with Crippen molar-refractivity contribution in [3.8, 4) is 5.75 Å². The fourth-order valence-electron chi connectivity index (χ4n) is 3.18. The molecular weight excluding hydrogens is 294 g/mol. The van der Waals surface area contributed by atoms with Crippen LogP contribution in [0.2, 0.25) is 0 Å². The molecule has 0 aliphatic carbocycles. The summed E-state index contributed by atoms with van der Waals surface area (Å²) in [6.07, 6.45) is -0.0594. The second-order valence-electron chi connectivity index (χ2n) is 6.02. The zero-order chi connectivity index (χ0) is 16.2. The van der Waals surface area contributed by atoms with Crippen molar-refractivity contribution in [2.75, 3.05) is 51.3 Å². The molecule has 1 aromatic carbocycles.